The first kappa shape index (κ1) is 20.0. The molecule has 2 heterocycles. The molecule has 0 unspecified atom stereocenters. The second kappa shape index (κ2) is 8.99. The Morgan fingerprint density at radius 3 is 2.82 bits per heavy atom. The molecule has 0 aliphatic heterocycles. The molecule has 2 aromatic heterocycles. The molecule has 1 aromatic carbocycles. The molecule has 0 aliphatic carbocycles. The Morgan fingerprint density at radius 1 is 1.29 bits per heavy atom. The Labute approximate surface area is 171 Å². The maximum Gasteiger partial charge on any atom is 0.254 e. The molecule has 28 heavy (non-hydrogen) atoms. The molecule has 0 atom stereocenters. The van der Waals surface area contributed by atoms with Gasteiger partial charge in [0.1, 0.15) is 0 Å². The van der Waals surface area contributed by atoms with Gasteiger partial charge in [0.2, 0.25) is 17.6 Å². The van der Waals surface area contributed by atoms with Crippen molar-refractivity contribution in [1.82, 2.24) is 15.0 Å². The molecule has 0 spiro atoms. The number of aromatic nitrogens is 2. The molecule has 9 heteroatoms. The number of amides is 2. The van der Waals surface area contributed by atoms with Crippen LogP contribution >= 0.6 is 22.9 Å². The van der Waals surface area contributed by atoms with Crippen LogP contribution in [0.25, 0.3) is 10.7 Å². The van der Waals surface area contributed by atoms with Crippen LogP contribution in [-0.4, -0.2) is 41.0 Å². The topological polar surface area (TPSA) is 88.3 Å². The third kappa shape index (κ3) is 4.96. The van der Waals surface area contributed by atoms with Crippen LogP contribution in [-0.2, 0) is 11.2 Å². The van der Waals surface area contributed by atoms with Crippen LogP contribution in [0, 0.1) is 0 Å². The highest BCUT2D eigenvalue weighted by Gasteiger charge is 2.14. The molecular weight excluding hydrogens is 400 g/mol. The normalized spacial score (nSPS) is 10.7. The zero-order valence-electron chi connectivity index (χ0n) is 15.4. The van der Waals surface area contributed by atoms with Crippen LogP contribution in [0.15, 0.2) is 40.2 Å². The first-order chi connectivity index (χ1) is 13.4. The lowest BCUT2D eigenvalue weighted by Crippen LogP contribution is -2.22. The third-order valence-corrected chi connectivity index (χ3v) is 5.09. The summed E-state index contributed by atoms with van der Waals surface area (Å²) < 4.78 is 5.22. The maximum absolute atomic E-state index is 12.2. The van der Waals surface area contributed by atoms with Crippen molar-refractivity contribution >= 4 is 40.4 Å². The summed E-state index contributed by atoms with van der Waals surface area (Å²) in [6, 6.07) is 8.69. The molecule has 0 bridgehead atoms. The van der Waals surface area contributed by atoms with Crippen LogP contribution < -0.4 is 5.32 Å². The predicted molar refractivity (Wildman–Crippen MR) is 109 cm³/mol. The number of carbonyl (C=O) groups excluding carboxylic acids is 2. The molecular formula is C19H19ClN4O3S. The smallest absolute Gasteiger partial charge is 0.254 e. The molecule has 1 N–H and O–H groups in total. The predicted octanol–water partition coefficient (Wildman–Crippen LogP) is 4.11. The second-order valence-corrected chi connectivity index (χ2v) is 7.64. The Bertz CT molecular complexity index is 969. The van der Waals surface area contributed by atoms with Crippen LogP contribution in [0.2, 0.25) is 5.02 Å². The van der Waals surface area contributed by atoms with Gasteiger partial charge in [-0.25, -0.2) is 0 Å². The van der Waals surface area contributed by atoms with E-state index >= 15 is 0 Å². The van der Waals surface area contributed by atoms with Crippen molar-refractivity contribution in [2.45, 2.75) is 19.3 Å². The lowest BCUT2D eigenvalue weighted by Gasteiger charge is -2.13. The molecule has 0 aliphatic rings. The Kier molecular flexibility index (Phi) is 6.43. The van der Waals surface area contributed by atoms with Gasteiger partial charge in [0, 0.05) is 32.6 Å². The average molecular weight is 419 g/mol. The van der Waals surface area contributed by atoms with E-state index in [-0.39, 0.29) is 18.2 Å². The fourth-order valence-corrected chi connectivity index (χ4v) is 3.34. The Hall–Kier alpha value is -2.71. The molecule has 3 rings (SSSR count). The van der Waals surface area contributed by atoms with Gasteiger partial charge in [0.05, 0.1) is 15.5 Å². The molecule has 2 amide bonds. The number of anilines is 1. The number of carbonyl (C=O) groups is 2. The SMILES string of the molecule is CN(C)C(=O)c1cc(NC(=O)CCCc2nc(-c3cccs3)no2)ccc1Cl. The van der Waals surface area contributed by atoms with E-state index in [1.165, 1.54) is 16.2 Å². The summed E-state index contributed by atoms with van der Waals surface area (Å²) in [4.78, 5) is 31.0. The average Bonchev–Trinajstić information content (AvgIpc) is 3.34. The maximum atomic E-state index is 12.2. The molecule has 0 fully saturated rings. The summed E-state index contributed by atoms with van der Waals surface area (Å²) in [5.41, 5.74) is 0.869. The van der Waals surface area contributed by atoms with E-state index in [9.17, 15) is 9.59 Å². The van der Waals surface area contributed by atoms with Gasteiger partial charge in [0.25, 0.3) is 5.91 Å². The van der Waals surface area contributed by atoms with Crippen LogP contribution in [0.5, 0.6) is 0 Å². The summed E-state index contributed by atoms with van der Waals surface area (Å²) in [6.45, 7) is 0. The number of hydrogen-bond donors (Lipinski definition) is 1. The first-order valence-electron chi connectivity index (χ1n) is 8.61. The Morgan fingerprint density at radius 2 is 2.11 bits per heavy atom. The second-order valence-electron chi connectivity index (χ2n) is 6.28. The quantitative estimate of drug-likeness (QED) is 0.623. The first-order valence-corrected chi connectivity index (χ1v) is 9.87. The van der Waals surface area contributed by atoms with Crippen LogP contribution in [0.1, 0.15) is 29.1 Å². The fourth-order valence-electron chi connectivity index (χ4n) is 2.49. The highest BCUT2D eigenvalue weighted by Crippen LogP contribution is 2.23. The molecule has 3 aromatic rings. The molecule has 0 saturated heterocycles. The van der Waals surface area contributed by atoms with Crippen molar-refractivity contribution in [3.05, 3.63) is 52.2 Å². The van der Waals surface area contributed by atoms with Gasteiger partial charge in [-0.1, -0.05) is 22.8 Å². The van der Waals surface area contributed by atoms with Gasteiger partial charge < -0.3 is 14.7 Å². The van der Waals surface area contributed by atoms with E-state index in [4.69, 9.17) is 16.1 Å². The zero-order chi connectivity index (χ0) is 20.1. The number of hydrogen-bond acceptors (Lipinski definition) is 6. The van der Waals surface area contributed by atoms with Gasteiger partial charge >= 0.3 is 0 Å². The largest absolute Gasteiger partial charge is 0.345 e. The van der Waals surface area contributed by atoms with Crippen molar-refractivity contribution in [2.24, 2.45) is 0 Å². The number of nitrogens with zero attached hydrogens (tertiary/aromatic N) is 3. The summed E-state index contributed by atoms with van der Waals surface area (Å²) in [5, 5.41) is 9.02. The van der Waals surface area contributed by atoms with E-state index in [1.54, 1.807) is 32.3 Å². The zero-order valence-corrected chi connectivity index (χ0v) is 17.0. The van der Waals surface area contributed by atoms with Crippen LogP contribution in [0.3, 0.4) is 0 Å². The van der Waals surface area contributed by atoms with Crippen molar-refractivity contribution in [3.63, 3.8) is 0 Å². The number of rotatable bonds is 7. The monoisotopic (exact) mass is 418 g/mol. The van der Waals surface area contributed by atoms with Crippen LogP contribution in [0.4, 0.5) is 5.69 Å². The fraction of sp³-hybridized carbons (Fsp3) is 0.263. The molecule has 0 saturated carbocycles. The van der Waals surface area contributed by atoms with Crippen molar-refractivity contribution in [1.29, 1.82) is 0 Å². The molecule has 0 radical (unpaired) electrons. The number of nitrogens with one attached hydrogen (secondary N) is 1. The minimum absolute atomic E-state index is 0.163. The summed E-state index contributed by atoms with van der Waals surface area (Å²) in [5.74, 6) is 0.679. The van der Waals surface area contributed by atoms with E-state index in [0.29, 0.717) is 40.8 Å². The number of halogens is 1. The minimum atomic E-state index is -0.223. The van der Waals surface area contributed by atoms with Gasteiger partial charge in [-0.3, -0.25) is 9.59 Å². The van der Waals surface area contributed by atoms with E-state index in [0.717, 1.165) is 4.88 Å². The van der Waals surface area contributed by atoms with Gasteiger partial charge in [-0.15, -0.1) is 11.3 Å². The minimum Gasteiger partial charge on any atom is -0.345 e. The molecule has 7 nitrogen and oxygen atoms in total. The number of aryl methyl sites for hydroxylation is 1. The van der Waals surface area contributed by atoms with Crippen molar-refractivity contribution in [2.75, 3.05) is 19.4 Å². The van der Waals surface area contributed by atoms with E-state index < -0.39 is 0 Å². The number of benzene rings is 1. The van der Waals surface area contributed by atoms with E-state index in [2.05, 4.69) is 15.5 Å². The molecule has 146 valence electrons. The lowest BCUT2D eigenvalue weighted by molar-refractivity contribution is -0.116. The summed E-state index contributed by atoms with van der Waals surface area (Å²) in [7, 11) is 3.29. The highest BCUT2D eigenvalue weighted by atomic mass is 35.5. The van der Waals surface area contributed by atoms with E-state index in [1.807, 2.05) is 17.5 Å². The Balaban J connectivity index is 1.52. The van der Waals surface area contributed by atoms with Crippen molar-refractivity contribution in [3.8, 4) is 10.7 Å². The lowest BCUT2D eigenvalue weighted by atomic mass is 10.1. The van der Waals surface area contributed by atoms with Crippen molar-refractivity contribution < 1.29 is 14.1 Å². The third-order valence-electron chi connectivity index (χ3n) is 3.89. The summed E-state index contributed by atoms with van der Waals surface area (Å²) in [6.07, 6.45) is 1.36. The van der Waals surface area contributed by atoms with Gasteiger partial charge in [-0.05, 0) is 36.1 Å². The highest BCUT2D eigenvalue weighted by molar-refractivity contribution is 7.13. The standard InChI is InChI=1S/C19H19ClN4O3S/c1-24(2)19(26)13-11-12(8-9-14(13)20)21-16(25)6-3-7-17-22-18(23-27-17)15-5-4-10-28-15/h4-5,8-11H,3,6-7H2,1-2H3,(H,21,25). The summed E-state index contributed by atoms with van der Waals surface area (Å²) >= 11 is 7.62. The van der Waals surface area contributed by atoms with Gasteiger partial charge in [0.15, 0.2) is 0 Å². The van der Waals surface area contributed by atoms with Gasteiger partial charge in [-0.2, -0.15) is 4.98 Å². The number of thiophene rings is 1.